The highest BCUT2D eigenvalue weighted by Crippen LogP contribution is 2.28. The lowest BCUT2D eigenvalue weighted by Gasteiger charge is -2.22. The Hall–Kier alpha value is -1.52. The third kappa shape index (κ3) is 4.25. The predicted molar refractivity (Wildman–Crippen MR) is 78.1 cm³/mol. The van der Waals surface area contributed by atoms with Crippen molar-refractivity contribution in [3.8, 4) is 11.5 Å². The first-order chi connectivity index (χ1) is 9.83. The second kappa shape index (κ2) is 7.92. The molecule has 0 aromatic heterocycles. The predicted octanol–water partition coefficient (Wildman–Crippen LogP) is 3.26. The van der Waals surface area contributed by atoms with Gasteiger partial charge in [0.2, 0.25) is 0 Å². The van der Waals surface area contributed by atoms with Gasteiger partial charge in [0.1, 0.15) is 6.61 Å². The van der Waals surface area contributed by atoms with Crippen molar-refractivity contribution in [3.05, 3.63) is 30.3 Å². The highest BCUT2D eigenvalue weighted by Gasteiger charge is 2.13. The molecule has 2 rings (SSSR count). The summed E-state index contributed by atoms with van der Waals surface area (Å²) in [6.45, 7) is 5.52. The second-order valence-corrected chi connectivity index (χ2v) is 4.63. The molecule has 0 spiro atoms. The van der Waals surface area contributed by atoms with Crippen LogP contribution in [0.1, 0.15) is 24.8 Å². The molecule has 0 radical (unpaired) electrons. The van der Waals surface area contributed by atoms with Crippen molar-refractivity contribution in [1.82, 2.24) is 0 Å². The van der Waals surface area contributed by atoms with E-state index in [9.17, 15) is 0 Å². The van der Waals surface area contributed by atoms with Crippen LogP contribution in [0.2, 0.25) is 0 Å². The van der Waals surface area contributed by atoms with E-state index in [1.165, 1.54) is 6.42 Å². The largest absolute Gasteiger partial charge is 0.493 e. The van der Waals surface area contributed by atoms with Gasteiger partial charge in [-0.2, -0.15) is 0 Å². The zero-order chi connectivity index (χ0) is 14.2. The number of rotatable bonds is 7. The Bertz CT molecular complexity index is 424. The average molecular weight is 278 g/mol. The summed E-state index contributed by atoms with van der Waals surface area (Å²) in [4.78, 5) is 0. The molecule has 1 aromatic rings. The summed E-state index contributed by atoms with van der Waals surface area (Å²) in [5, 5.41) is 0. The molecule has 1 saturated heterocycles. The summed E-state index contributed by atoms with van der Waals surface area (Å²) in [6.07, 6.45) is 4.96. The van der Waals surface area contributed by atoms with Gasteiger partial charge in [-0.3, -0.25) is 0 Å². The third-order valence-corrected chi connectivity index (χ3v) is 3.21. The van der Waals surface area contributed by atoms with Gasteiger partial charge in [0.15, 0.2) is 17.8 Å². The van der Waals surface area contributed by atoms with Gasteiger partial charge in [-0.25, -0.2) is 0 Å². The highest BCUT2D eigenvalue weighted by molar-refractivity contribution is 5.54. The quantitative estimate of drug-likeness (QED) is 0.717. The molecule has 0 amide bonds. The first-order valence-corrected chi connectivity index (χ1v) is 7.00. The molecule has 0 aliphatic carbocycles. The number of benzene rings is 1. The summed E-state index contributed by atoms with van der Waals surface area (Å²) in [5.41, 5.74) is 0.998. The number of hydrogen-bond donors (Lipinski definition) is 0. The summed E-state index contributed by atoms with van der Waals surface area (Å²) >= 11 is 0. The van der Waals surface area contributed by atoms with Crippen LogP contribution >= 0.6 is 0 Å². The van der Waals surface area contributed by atoms with E-state index >= 15 is 0 Å². The Morgan fingerprint density at radius 1 is 1.30 bits per heavy atom. The number of hydrogen-bond acceptors (Lipinski definition) is 4. The molecule has 0 saturated carbocycles. The highest BCUT2D eigenvalue weighted by atomic mass is 16.7. The zero-order valence-corrected chi connectivity index (χ0v) is 12.0. The van der Waals surface area contributed by atoms with Gasteiger partial charge in [-0.1, -0.05) is 18.7 Å². The molecule has 110 valence electrons. The summed E-state index contributed by atoms with van der Waals surface area (Å²) in [7, 11) is 1.63. The summed E-state index contributed by atoms with van der Waals surface area (Å²) in [6, 6.07) is 5.71. The lowest BCUT2D eigenvalue weighted by atomic mass is 10.2. The summed E-state index contributed by atoms with van der Waals surface area (Å²) in [5.74, 6) is 1.42. The molecule has 20 heavy (non-hydrogen) atoms. The van der Waals surface area contributed by atoms with Crippen molar-refractivity contribution >= 4 is 6.08 Å². The van der Waals surface area contributed by atoms with E-state index in [1.54, 1.807) is 13.2 Å². The van der Waals surface area contributed by atoms with Gasteiger partial charge in [0, 0.05) is 6.61 Å². The van der Waals surface area contributed by atoms with Crippen LogP contribution < -0.4 is 9.47 Å². The molecule has 1 aliphatic heterocycles. The molecule has 1 heterocycles. The maximum absolute atomic E-state index is 5.71. The van der Waals surface area contributed by atoms with E-state index in [-0.39, 0.29) is 6.29 Å². The van der Waals surface area contributed by atoms with Crippen LogP contribution in [0.4, 0.5) is 0 Å². The molecule has 1 aromatic carbocycles. The molecular formula is C16H22O4. The van der Waals surface area contributed by atoms with Crippen molar-refractivity contribution in [1.29, 1.82) is 0 Å². The normalized spacial score (nSPS) is 18.6. The maximum atomic E-state index is 5.71. The van der Waals surface area contributed by atoms with Crippen LogP contribution in [0.15, 0.2) is 24.8 Å². The van der Waals surface area contributed by atoms with Gasteiger partial charge in [-0.15, -0.1) is 0 Å². The van der Waals surface area contributed by atoms with Crippen molar-refractivity contribution < 1.29 is 18.9 Å². The Morgan fingerprint density at radius 3 is 2.90 bits per heavy atom. The molecule has 1 aliphatic rings. The molecule has 0 bridgehead atoms. The van der Waals surface area contributed by atoms with Crippen LogP contribution in [0.25, 0.3) is 6.08 Å². The second-order valence-electron chi connectivity index (χ2n) is 4.63. The lowest BCUT2D eigenvalue weighted by Crippen LogP contribution is -2.24. The fraction of sp³-hybridized carbons (Fsp3) is 0.500. The first kappa shape index (κ1) is 14.9. The lowest BCUT2D eigenvalue weighted by molar-refractivity contribution is -0.165. The standard InChI is InChI=1S/C16H22O4/c1-3-13-7-8-14(17-2)15(12-13)18-10-11-20-16-6-4-5-9-19-16/h3,7-8,12,16H,1,4-6,9-11H2,2H3. The van der Waals surface area contributed by atoms with E-state index in [0.717, 1.165) is 25.0 Å². The van der Waals surface area contributed by atoms with Crippen molar-refractivity contribution in [2.24, 2.45) is 0 Å². The molecule has 1 unspecified atom stereocenters. The third-order valence-electron chi connectivity index (χ3n) is 3.21. The van der Waals surface area contributed by atoms with E-state index in [0.29, 0.717) is 24.7 Å². The van der Waals surface area contributed by atoms with Gasteiger partial charge in [-0.05, 0) is 37.0 Å². The minimum Gasteiger partial charge on any atom is -0.493 e. The fourth-order valence-corrected chi connectivity index (χ4v) is 2.11. The smallest absolute Gasteiger partial charge is 0.161 e. The van der Waals surface area contributed by atoms with Crippen molar-refractivity contribution in [3.63, 3.8) is 0 Å². The van der Waals surface area contributed by atoms with E-state index < -0.39 is 0 Å². The molecule has 0 N–H and O–H groups in total. The Kier molecular flexibility index (Phi) is 5.89. The van der Waals surface area contributed by atoms with Gasteiger partial charge >= 0.3 is 0 Å². The Morgan fingerprint density at radius 2 is 2.20 bits per heavy atom. The minimum atomic E-state index is -0.0752. The van der Waals surface area contributed by atoms with Crippen LogP contribution in [0, 0.1) is 0 Å². The van der Waals surface area contributed by atoms with E-state index in [2.05, 4.69) is 6.58 Å². The van der Waals surface area contributed by atoms with Gasteiger partial charge < -0.3 is 18.9 Å². The zero-order valence-electron chi connectivity index (χ0n) is 12.0. The molecule has 4 nitrogen and oxygen atoms in total. The van der Waals surface area contributed by atoms with Crippen LogP contribution in [0.3, 0.4) is 0 Å². The van der Waals surface area contributed by atoms with Gasteiger partial charge in [0.25, 0.3) is 0 Å². The number of methoxy groups -OCH3 is 1. The number of ether oxygens (including phenoxy) is 4. The van der Waals surface area contributed by atoms with E-state index in [4.69, 9.17) is 18.9 Å². The molecular weight excluding hydrogens is 256 g/mol. The Balaban J connectivity index is 1.79. The molecule has 4 heteroatoms. The van der Waals surface area contributed by atoms with Crippen molar-refractivity contribution in [2.75, 3.05) is 26.9 Å². The molecule has 1 atom stereocenters. The van der Waals surface area contributed by atoms with Gasteiger partial charge in [0.05, 0.1) is 13.7 Å². The minimum absolute atomic E-state index is 0.0752. The first-order valence-electron chi connectivity index (χ1n) is 7.00. The van der Waals surface area contributed by atoms with Crippen molar-refractivity contribution in [2.45, 2.75) is 25.6 Å². The maximum Gasteiger partial charge on any atom is 0.161 e. The van der Waals surface area contributed by atoms with E-state index in [1.807, 2.05) is 18.2 Å². The average Bonchev–Trinajstić information content (AvgIpc) is 2.52. The topological polar surface area (TPSA) is 36.9 Å². The SMILES string of the molecule is C=Cc1ccc(OC)c(OCCOC2CCCCO2)c1. The fourth-order valence-electron chi connectivity index (χ4n) is 2.11. The van der Waals surface area contributed by atoms with Crippen LogP contribution in [-0.4, -0.2) is 33.2 Å². The summed E-state index contributed by atoms with van der Waals surface area (Å²) < 4.78 is 22.1. The monoisotopic (exact) mass is 278 g/mol. The van der Waals surface area contributed by atoms with Crippen LogP contribution in [-0.2, 0) is 9.47 Å². The van der Waals surface area contributed by atoms with Crippen LogP contribution in [0.5, 0.6) is 11.5 Å². The molecule has 1 fully saturated rings. The Labute approximate surface area is 120 Å².